The summed E-state index contributed by atoms with van der Waals surface area (Å²) in [4.78, 5) is 3.23. The van der Waals surface area contributed by atoms with Gasteiger partial charge in [0.2, 0.25) is 0 Å². The van der Waals surface area contributed by atoms with E-state index in [1.54, 1.807) is 0 Å². The van der Waals surface area contributed by atoms with E-state index in [9.17, 15) is 5.53 Å². The summed E-state index contributed by atoms with van der Waals surface area (Å²) in [7, 11) is 0. The van der Waals surface area contributed by atoms with Crippen LogP contribution in [0.3, 0.4) is 0 Å². The van der Waals surface area contributed by atoms with Crippen molar-refractivity contribution in [1.82, 2.24) is 0 Å². The van der Waals surface area contributed by atoms with Gasteiger partial charge in [0.1, 0.15) is 24.4 Å². The number of ether oxygens (including phenoxy) is 8. The SMILES string of the molecule is CCCCCC[C@@H]1OC(C)(C)O[C@H]1[C@@H](COC1OC(COCc2ccccc2)C(OCc2ccccc2)C(OCc2ccccc2)C1OCc1ccccc1)N=[N+]=[N-]. The lowest BCUT2D eigenvalue weighted by atomic mass is 9.97. The van der Waals surface area contributed by atoms with Crippen molar-refractivity contribution in [3.8, 4) is 0 Å². The van der Waals surface area contributed by atoms with E-state index < -0.39 is 48.6 Å². The summed E-state index contributed by atoms with van der Waals surface area (Å²) in [5.74, 6) is -0.840. The summed E-state index contributed by atoms with van der Waals surface area (Å²) in [6.45, 7) is 7.43. The molecule has 0 aliphatic carbocycles. The zero-order valence-electron chi connectivity index (χ0n) is 34.1. The van der Waals surface area contributed by atoms with E-state index in [1.807, 2.05) is 135 Å². The maximum Gasteiger partial charge on any atom is 0.186 e. The highest BCUT2D eigenvalue weighted by Crippen LogP contribution is 2.36. The minimum atomic E-state index is -0.957. The quantitative estimate of drug-likeness (QED) is 0.0315. The lowest BCUT2D eigenvalue weighted by Gasteiger charge is -2.46. The molecule has 2 aliphatic rings. The molecule has 8 atom stereocenters. The van der Waals surface area contributed by atoms with Gasteiger partial charge in [-0.2, -0.15) is 0 Å². The van der Waals surface area contributed by atoms with Crippen molar-refractivity contribution in [3.05, 3.63) is 154 Å². The van der Waals surface area contributed by atoms with E-state index in [0.717, 1.165) is 54.4 Å². The van der Waals surface area contributed by atoms with E-state index >= 15 is 0 Å². The Morgan fingerprint density at radius 3 is 1.67 bits per heavy atom. The first-order valence-corrected chi connectivity index (χ1v) is 20.7. The van der Waals surface area contributed by atoms with Crippen molar-refractivity contribution in [2.24, 2.45) is 5.11 Å². The predicted molar refractivity (Wildman–Crippen MR) is 221 cm³/mol. The zero-order chi connectivity index (χ0) is 40.4. The Balaban J connectivity index is 1.30. The number of unbranched alkanes of at least 4 members (excludes halogenated alkanes) is 3. The highest BCUT2D eigenvalue weighted by atomic mass is 16.8. The summed E-state index contributed by atoms with van der Waals surface area (Å²) in [6.07, 6.45) is 0.736. The van der Waals surface area contributed by atoms with Crippen LogP contribution in [0.25, 0.3) is 10.4 Å². The molecule has 0 aromatic heterocycles. The molecule has 11 nitrogen and oxygen atoms in total. The minimum absolute atomic E-state index is 0.00593. The van der Waals surface area contributed by atoms with E-state index in [-0.39, 0.29) is 25.9 Å². The molecule has 0 radical (unpaired) electrons. The zero-order valence-corrected chi connectivity index (χ0v) is 34.1. The fraction of sp³-hybridized carbons (Fsp3) is 0.489. The standard InChI is InChI=1S/C47H59N3O8/c1-4-5-6-19-28-40-42(58-47(2,3)57-40)39(49-50-48)33-55-46-45(54-32-38-26-17-10-18-27-38)44(53-31-37-24-15-9-16-25-37)43(52-30-36-22-13-8-14-23-36)41(56-46)34-51-29-35-20-11-7-12-21-35/h7-18,20-27,39-46H,4-6,19,28-34H2,1-3H3/t39-,40+,41?,42+,43?,44?,45?,46?/m1/s1. The van der Waals surface area contributed by atoms with E-state index in [4.69, 9.17) is 37.9 Å². The third-order valence-corrected chi connectivity index (χ3v) is 10.4. The lowest BCUT2D eigenvalue weighted by molar-refractivity contribution is -0.329. The first kappa shape index (κ1) is 43.4. The Morgan fingerprint density at radius 1 is 0.621 bits per heavy atom. The van der Waals surface area contributed by atoms with Crippen LogP contribution in [0.2, 0.25) is 0 Å². The van der Waals surface area contributed by atoms with E-state index in [0.29, 0.717) is 19.8 Å². The topological polar surface area (TPSA) is 123 Å². The number of azide groups is 1. The maximum atomic E-state index is 9.80. The predicted octanol–water partition coefficient (Wildman–Crippen LogP) is 9.87. The average Bonchev–Trinajstić information content (AvgIpc) is 3.57. The third-order valence-electron chi connectivity index (χ3n) is 10.4. The van der Waals surface area contributed by atoms with Gasteiger partial charge in [0.15, 0.2) is 12.1 Å². The van der Waals surface area contributed by atoms with Crippen LogP contribution in [0.4, 0.5) is 0 Å². The normalized spacial score (nSPS) is 24.6. The summed E-state index contributed by atoms with van der Waals surface area (Å²) in [5.41, 5.74) is 13.8. The maximum absolute atomic E-state index is 9.80. The molecule has 2 aliphatic heterocycles. The van der Waals surface area contributed by atoms with Crippen LogP contribution in [0, 0.1) is 0 Å². The second-order valence-electron chi connectivity index (χ2n) is 15.4. The fourth-order valence-electron chi connectivity index (χ4n) is 7.52. The van der Waals surface area contributed by atoms with Gasteiger partial charge in [-0.3, -0.25) is 0 Å². The van der Waals surface area contributed by atoms with Gasteiger partial charge < -0.3 is 37.9 Å². The van der Waals surface area contributed by atoms with Crippen LogP contribution < -0.4 is 0 Å². The highest BCUT2D eigenvalue weighted by Gasteiger charge is 2.50. The molecule has 2 heterocycles. The Morgan fingerprint density at radius 2 is 1.14 bits per heavy atom. The lowest BCUT2D eigenvalue weighted by Crippen LogP contribution is -2.62. The summed E-state index contributed by atoms with van der Waals surface area (Å²) < 4.78 is 53.2. The number of nitrogens with zero attached hydrogens (tertiary/aromatic N) is 3. The molecule has 58 heavy (non-hydrogen) atoms. The van der Waals surface area contributed by atoms with E-state index in [2.05, 4.69) is 16.9 Å². The number of hydrogen-bond donors (Lipinski definition) is 0. The fourth-order valence-corrected chi connectivity index (χ4v) is 7.52. The van der Waals surface area contributed by atoms with Crippen LogP contribution in [-0.2, 0) is 64.3 Å². The van der Waals surface area contributed by atoms with Crippen LogP contribution in [0.15, 0.2) is 126 Å². The first-order valence-electron chi connectivity index (χ1n) is 20.7. The Hall–Kier alpha value is -4.13. The first-order chi connectivity index (χ1) is 28.4. The molecule has 0 amide bonds. The van der Waals surface area contributed by atoms with Crippen molar-refractivity contribution in [2.45, 2.75) is 134 Å². The molecule has 310 valence electrons. The third kappa shape index (κ3) is 13.2. The Bertz CT molecular complexity index is 1780. The summed E-state index contributed by atoms with van der Waals surface area (Å²) in [6, 6.07) is 39.3. The van der Waals surface area contributed by atoms with Crippen molar-refractivity contribution in [2.75, 3.05) is 13.2 Å². The van der Waals surface area contributed by atoms with Gasteiger partial charge in [-0.1, -0.05) is 159 Å². The van der Waals surface area contributed by atoms with Crippen molar-refractivity contribution in [1.29, 1.82) is 0 Å². The van der Waals surface area contributed by atoms with Crippen molar-refractivity contribution < 1.29 is 37.9 Å². The molecular weight excluding hydrogens is 735 g/mol. The molecule has 0 N–H and O–H groups in total. The molecular formula is C47H59N3O8. The Labute approximate surface area is 343 Å². The molecule has 6 rings (SSSR count). The van der Waals surface area contributed by atoms with Crippen molar-refractivity contribution >= 4 is 0 Å². The van der Waals surface area contributed by atoms with Crippen LogP contribution in [0.1, 0.15) is 75.1 Å². The number of benzene rings is 4. The molecule has 4 aromatic rings. The summed E-state index contributed by atoms with van der Waals surface area (Å²) >= 11 is 0. The molecule has 2 fully saturated rings. The van der Waals surface area contributed by atoms with Crippen LogP contribution in [0.5, 0.6) is 0 Å². The number of hydrogen-bond acceptors (Lipinski definition) is 9. The van der Waals surface area contributed by atoms with Crippen LogP contribution in [-0.4, -0.2) is 68.0 Å². The highest BCUT2D eigenvalue weighted by molar-refractivity contribution is 5.16. The molecule has 4 aromatic carbocycles. The van der Waals surface area contributed by atoms with Gasteiger partial charge in [-0.25, -0.2) is 0 Å². The van der Waals surface area contributed by atoms with Gasteiger partial charge in [0.05, 0.1) is 57.9 Å². The molecule has 0 bridgehead atoms. The second kappa shape index (κ2) is 22.9. The monoisotopic (exact) mass is 793 g/mol. The summed E-state index contributed by atoms with van der Waals surface area (Å²) in [5, 5.41) is 4.22. The molecule has 0 spiro atoms. The molecule has 0 saturated carbocycles. The van der Waals surface area contributed by atoms with Crippen molar-refractivity contribution in [3.63, 3.8) is 0 Å². The van der Waals surface area contributed by atoms with Gasteiger partial charge in [-0.15, -0.1) is 0 Å². The minimum Gasteiger partial charge on any atom is -0.374 e. The largest absolute Gasteiger partial charge is 0.374 e. The van der Waals surface area contributed by atoms with Gasteiger partial charge >= 0.3 is 0 Å². The van der Waals surface area contributed by atoms with Gasteiger partial charge in [0, 0.05) is 4.91 Å². The smallest absolute Gasteiger partial charge is 0.186 e. The average molecular weight is 794 g/mol. The van der Waals surface area contributed by atoms with Crippen LogP contribution >= 0.6 is 0 Å². The molecule has 2 saturated heterocycles. The van der Waals surface area contributed by atoms with Gasteiger partial charge in [0.25, 0.3) is 0 Å². The van der Waals surface area contributed by atoms with Gasteiger partial charge in [-0.05, 0) is 48.1 Å². The van der Waals surface area contributed by atoms with E-state index in [1.165, 1.54) is 0 Å². The second-order valence-corrected chi connectivity index (χ2v) is 15.4. The number of rotatable bonds is 23. The Kier molecular flexibility index (Phi) is 17.1. The molecule has 11 heteroatoms. The molecule has 5 unspecified atom stereocenters.